The SMILES string of the molecule is N#Cc1cccc(Nc2nncc(Nc3ccc(OCc4ccccc4)cc3)n2)c1. The van der Waals surface area contributed by atoms with Crippen LogP contribution < -0.4 is 15.4 Å². The minimum atomic E-state index is 0.331. The van der Waals surface area contributed by atoms with Crippen LogP contribution in [0.5, 0.6) is 5.75 Å². The smallest absolute Gasteiger partial charge is 0.249 e. The molecule has 0 aliphatic heterocycles. The maximum Gasteiger partial charge on any atom is 0.249 e. The van der Waals surface area contributed by atoms with E-state index in [0.717, 1.165) is 17.0 Å². The molecule has 0 bridgehead atoms. The van der Waals surface area contributed by atoms with Crippen LogP contribution in [0.15, 0.2) is 85.1 Å². The molecule has 0 fully saturated rings. The lowest BCUT2D eigenvalue weighted by Crippen LogP contribution is -2.02. The molecule has 0 saturated heterocycles. The number of hydrogen-bond acceptors (Lipinski definition) is 7. The Bertz CT molecular complexity index is 1160. The molecule has 0 radical (unpaired) electrons. The Hall–Kier alpha value is -4.44. The fourth-order valence-electron chi connectivity index (χ4n) is 2.74. The van der Waals surface area contributed by atoms with Crippen molar-refractivity contribution in [3.8, 4) is 11.8 Å². The zero-order chi connectivity index (χ0) is 20.6. The number of rotatable bonds is 7. The highest BCUT2D eigenvalue weighted by molar-refractivity contribution is 5.60. The van der Waals surface area contributed by atoms with Gasteiger partial charge in [0.15, 0.2) is 5.82 Å². The molecule has 0 atom stereocenters. The van der Waals surface area contributed by atoms with Crippen molar-refractivity contribution in [3.05, 3.63) is 96.2 Å². The van der Waals surface area contributed by atoms with Gasteiger partial charge in [-0.1, -0.05) is 36.4 Å². The molecule has 0 unspecified atom stereocenters. The standard InChI is InChI=1S/C23H18N6O/c24-14-18-7-4-8-20(13-18)27-23-28-22(15-25-29-23)26-19-9-11-21(12-10-19)30-16-17-5-2-1-3-6-17/h1-13,15H,16H2,(H2,26,27,28,29). The quantitative estimate of drug-likeness (QED) is 0.464. The zero-order valence-corrected chi connectivity index (χ0v) is 16.0. The van der Waals surface area contributed by atoms with Gasteiger partial charge < -0.3 is 15.4 Å². The normalized spacial score (nSPS) is 10.1. The second-order valence-electron chi connectivity index (χ2n) is 6.41. The highest BCUT2D eigenvalue weighted by Crippen LogP contribution is 2.21. The maximum atomic E-state index is 9.01. The van der Waals surface area contributed by atoms with Gasteiger partial charge in [-0.15, -0.1) is 5.10 Å². The van der Waals surface area contributed by atoms with E-state index in [0.29, 0.717) is 29.6 Å². The minimum Gasteiger partial charge on any atom is -0.489 e. The molecule has 3 aromatic carbocycles. The first-order chi connectivity index (χ1) is 14.8. The van der Waals surface area contributed by atoms with Gasteiger partial charge in [-0.25, -0.2) is 0 Å². The van der Waals surface area contributed by atoms with Crippen molar-refractivity contribution >= 4 is 23.1 Å². The molecule has 7 nitrogen and oxygen atoms in total. The van der Waals surface area contributed by atoms with Gasteiger partial charge in [-0.3, -0.25) is 0 Å². The summed E-state index contributed by atoms with van der Waals surface area (Å²) >= 11 is 0. The predicted octanol–water partition coefficient (Wildman–Crippen LogP) is 4.81. The molecule has 1 aromatic heterocycles. The van der Waals surface area contributed by atoms with Gasteiger partial charge >= 0.3 is 0 Å². The van der Waals surface area contributed by atoms with Gasteiger partial charge in [-0.2, -0.15) is 15.3 Å². The fraction of sp³-hybridized carbons (Fsp3) is 0.0435. The number of anilines is 4. The highest BCUT2D eigenvalue weighted by atomic mass is 16.5. The Morgan fingerprint density at radius 1 is 0.867 bits per heavy atom. The van der Waals surface area contributed by atoms with E-state index >= 15 is 0 Å². The minimum absolute atomic E-state index is 0.331. The molecular weight excluding hydrogens is 376 g/mol. The third-order valence-electron chi connectivity index (χ3n) is 4.18. The Morgan fingerprint density at radius 2 is 1.70 bits per heavy atom. The number of nitrogens with one attached hydrogen (secondary N) is 2. The molecule has 4 aromatic rings. The van der Waals surface area contributed by atoms with Crippen molar-refractivity contribution in [2.24, 2.45) is 0 Å². The van der Waals surface area contributed by atoms with Crippen molar-refractivity contribution in [2.75, 3.05) is 10.6 Å². The Balaban J connectivity index is 1.38. The largest absolute Gasteiger partial charge is 0.489 e. The molecule has 0 aliphatic carbocycles. The highest BCUT2D eigenvalue weighted by Gasteiger charge is 2.04. The van der Waals surface area contributed by atoms with Crippen LogP contribution in [-0.4, -0.2) is 15.2 Å². The lowest BCUT2D eigenvalue weighted by atomic mass is 10.2. The Kier molecular flexibility index (Phi) is 5.78. The molecule has 146 valence electrons. The van der Waals surface area contributed by atoms with E-state index in [4.69, 9.17) is 10.00 Å². The van der Waals surface area contributed by atoms with E-state index in [-0.39, 0.29) is 0 Å². The fourth-order valence-corrected chi connectivity index (χ4v) is 2.74. The lowest BCUT2D eigenvalue weighted by Gasteiger charge is -2.09. The van der Waals surface area contributed by atoms with Crippen molar-refractivity contribution in [2.45, 2.75) is 6.61 Å². The molecule has 4 rings (SSSR count). The first kappa shape index (κ1) is 18.9. The summed E-state index contributed by atoms with van der Waals surface area (Å²) < 4.78 is 5.80. The molecule has 1 heterocycles. The lowest BCUT2D eigenvalue weighted by molar-refractivity contribution is 0.306. The molecule has 0 amide bonds. The Morgan fingerprint density at radius 3 is 2.50 bits per heavy atom. The van der Waals surface area contributed by atoms with Crippen LogP contribution in [0.4, 0.5) is 23.1 Å². The molecule has 2 N–H and O–H groups in total. The summed E-state index contributed by atoms with van der Waals surface area (Å²) in [6, 6.07) is 26.8. The monoisotopic (exact) mass is 394 g/mol. The van der Waals surface area contributed by atoms with Crippen LogP contribution in [0.3, 0.4) is 0 Å². The topological polar surface area (TPSA) is 95.8 Å². The van der Waals surface area contributed by atoms with Crippen LogP contribution >= 0.6 is 0 Å². The second kappa shape index (κ2) is 9.17. The number of nitrogens with zero attached hydrogens (tertiary/aromatic N) is 4. The predicted molar refractivity (Wildman–Crippen MR) is 115 cm³/mol. The summed E-state index contributed by atoms with van der Waals surface area (Å²) in [5.74, 6) is 1.66. The summed E-state index contributed by atoms with van der Waals surface area (Å²) in [4.78, 5) is 4.41. The van der Waals surface area contributed by atoms with E-state index in [2.05, 4.69) is 31.9 Å². The van der Waals surface area contributed by atoms with Gasteiger partial charge in [0.2, 0.25) is 5.95 Å². The van der Waals surface area contributed by atoms with Crippen LogP contribution in [-0.2, 0) is 6.61 Å². The maximum absolute atomic E-state index is 9.01. The summed E-state index contributed by atoms with van der Waals surface area (Å²) in [6.07, 6.45) is 1.54. The molecule has 7 heteroatoms. The average molecular weight is 394 g/mol. The number of ether oxygens (including phenoxy) is 1. The first-order valence-corrected chi connectivity index (χ1v) is 9.29. The van der Waals surface area contributed by atoms with Crippen molar-refractivity contribution in [1.29, 1.82) is 5.26 Å². The van der Waals surface area contributed by atoms with Gasteiger partial charge in [0.05, 0.1) is 17.8 Å². The summed E-state index contributed by atoms with van der Waals surface area (Å²) in [5.41, 5.74) is 3.23. The second-order valence-corrected chi connectivity index (χ2v) is 6.41. The van der Waals surface area contributed by atoms with Gasteiger partial charge in [0, 0.05) is 11.4 Å². The van der Waals surface area contributed by atoms with Crippen molar-refractivity contribution in [1.82, 2.24) is 15.2 Å². The molecule has 0 aliphatic rings. The van der Waals surface area contributed by atoms with E-state index in [1.54, 1.807) is 18.2 Å². The van der Waals surface area contributed by atoms with Crippen molar-refractivity contribution < 1.29 is 4.74 Å². The molecule has 30 heavy (non-hydrogen) atoms. The summed E-state index contributed by atoms with van der Waals surface area (Å²) in [5, 5.41) is 23.2. The van der Waals surface area contributed by atoms with Crippen molar-refractivity contribution in [3.63, 3.8) is 0 Å². The number of benzene rings is 3. The van der Waals surface area contributed by atoms with Crippen LogP contribution in [0.25, 0.3) is 0 Å². The van der Waals surface area contributed by atoms with Crippen LogP contribution in [0, 0.1) is 11.3 Å². The number of aromatic nitrogens is 3. The summed E-state index contributed by atoms with van der Waals surface area (Å²) in [7, 11) is 0. The number of nitriles is 1. The van der Waals surface area contributed by atoms with E-state index in [1.807, 2.05) is 60.7 Å². The van der Waals surface area contributed by atoms with Gasteiger partial charge in [0.25, 0.3) is 0 Å². The molecular formula is C23H18N6O. The third kappa shape index (κ3) is 5.09. The Labute approximate surface area is 174 Å². The summed E-state index contributed by atoms with van der Waals surface area (Å²) in [6.45, 7) is 0.519. The van der Waals surface area contributed by atoms with E-state index in [1.165, 1.54) is 6.20 Å². The van der Waals surface area contributed by atoms with E-state index < -0.39 is 0 Å². The van der Waals surface area contributed by atoms with Gasteiger partial charge in [-0.05, 0) is 48.0 Å². The van der Waals surface area contributed by atoms with Crippen LogP contribution in [0.2, 0.25) is 0 Å². The average Bonchev–Trinajstić information content (AvgIpc) is 2.80. The zero-order valence-electron chi connectivity index (χ0n) is 16.0. The molecule has 0 spiro atoms. The number of hydrogen-bond donors (Lipinski definition) is 2. The first-order valence-electron chi connectivity index (χ1n) is 9.29. The molecule has 0 saturated carbocycles. The van der Waals surface area contributed by atoms with Gasteiger partial charge in [0.1, 0.15) is 12.4 Å². The van der Waals surface area contributed by atoms with Crippen LogP contribution in [0.1, 0.15) is 11.1 Å². The van der Waals surface area contributed by atoms with E-state index in [9.17, 15) is 0 Å². The third-order valence-corrected chi connectivity index (χ3v) is 4.18.